The first kappa shape index (κ1) is 31.6. The standard InChI is InChI=1S/Al.K.2H4O4Si.O4Si/c;;3*1-5(2,3)4/h;;2*1-4H;/q+3;+1;;;-4. The molecule has 8 N–H and O–H groups in total. The zero-order valence-electron chi connectivity index (χ0n) is 8.29. The van der Waals surface area contributed by atoms with Crippen LogP contribution in [-0.4, -0.2) is 82.9 Å². The molecule has 0 aliphatic heterocycles. The van der Waals surface area contributed by atoms with E-state index in [-0.39, 0.29) is 68.7 Å². The summed E-state index contributed by atoms with van der Waals surface area (Å²) in [4.78, 5) is 92.9. The van der Waals surface area contributed by atoms with Crippen LogP contribution in [0.15, 0.2) is 0 Å². The van der Waals surface area contributed by atoms with Crippen LogP contribution in [0.1, 0.15) is 0 Å². The molecule has 0 aromatic carbocycles. The fourth-order valence-corrected chi connectivity index (χ4v) is 0. The summed E-state index contributed by atoms with van der Waals surface area (Å²) in [6.45, 7) is 0. The van der Waals surface area contributed by atoms with Gasteiger partial charge in [0.05, 0.1) is 0 Å². The predicted octanol–water partition coefficient (Wildman–Crippen LogP) is -13.7. The second kappa shape index (κ2) is 13.3. The molecule has 0 radical (unpaired) electrons. The second-order valence-electron chi connectivity index (χ2n) is 1.70. The fourth-order valence-electron chi connectivity index (χ4n) is 0. The minimum Gasteiger partial charge on any atom is -0.894 e. The van der Waals surface area contributed by atoms with E-state index >= 15 is 0 Å². The maximum Gasteiger partial charge on any atom is 3.00 e. The number of rotatable bonds is 0. The summed E-state index contributed by atoms with van der Waals surface area (Å²) < 4.78 is 0. The molecule has 0 amide bonds. The van der Waals surface area contributed by atoms with Gasteiger partial charge in [0.2, 0.25) is 0 Å². The van der Waals surface area contributed by atoms with E-state index in [1.165, 1.54) is 0 Å². The fraction of sp³-hybridized carbons (Fsp3) is 0. The van der Waals surface area contributed by atoms with Crippen LogP contribution in [0.3, 0.4) is 0 Å². The molecule has 96 valence electrons. The van der Waals surface area contributed by atoms with E-state index in [2.05, 4.69) is 0 Å². The zero-order valence-corrected chi connectivity index (χ0v) is 15.6. The van der Waals surface area contributed by atoms with Crippen molar-refractivity contribution in [3.05, 3.63) is 0 Å². The first-order chi connectivity index (χ1) is 6.00. The first-order valence-electron chi connectivity index (χ1n) is 2.61. The van der Waals surface area contributed by atoms with Crippen molar-refractivity contribution >= 4 is 44.5 Å². The Bertz CT molecular complexity index is 96.8. The molecule has 0 spiro atoms. The van der Waals surface area contributed by atoms with Gasteiger partial charge in [-0.05, 0) is 0 Å². The zero-order chi connectivity index (χ0) is 13.5. The van der Waals surface area contributed by atoms with E-state index in [4.69, 9.17) is 57.5 Å². The Morgan fingerprint density at radius 3 is 0.529 bits per heavy atom. The summed E-state index contributed by atoms with van der Waals surface area (Å²) in [5.74, 6) is 0. The summed E-state index contributed by atoms with van der Waals surface area (Å²) in [6, 6.07) is 0. The van der Waals surface area contributed by atoms with Crippen molar-refractivity contribution in [2.45, 2.75) is 0 Å². The van der Waals surface area contributed by atoms with Gasteiger partial charge in [0, 0.05) is 0 Å². The topological polar surface area (TPSA) is 254 Å². The molecule has 0 heterocycles. The summed E-state index contributed by atoms with van der Waals surface area (Å²) in [5.41, 5.74) is 0. The molecular formula is H8AlKO12Si3. The van der Waals surface area contributed by atoms with Crippen molar-refractivity contribution < 1.29 is 109 Å². The molecule has 17 heavy (non-hydrogen) atoms. The Balaban J connectivity index is -0.0000000400. The molecule has 0 saturated carbocycles. The molecule has 0 aliphatic carbocycles. The van der Waals surface area contributed by atoms with Crippen LogP contribution in [-0.2, 0) is 0 Å². The smallest absolute Gasteiger partial charge is 0.894 e. The molecule has 0 atom stereocenters. The average molecular weight is 350 g/mol. The van der Waals surface area contributed by atoms with Crippen LogP contribution in [0.5, 0.6) is 0 Å². The summed E-state index contributed by atoms with van der Waals surface area (Å²) in [7, 11) is -14.8. The predicted molar refractivity (Wildman–Crippen MR) is 40.8 cm³/mol. The maximum atomic E-state index is 8.58. The third-order valence-corrected chi connectivity index (χ3v) is 0. The van der Waals surface area contributed by atoms with Crippen LogP contribution < -0.4 is 70.6 Å². The van der Waals surface area contributed by atoms with Crippen molar-refractivity contribution in [1.82, 2.24) is 0 Å². The van der Waals surface area contributed by atoms with Crippen molar-refractivity contribution in [3.8, 4) is 0 Å². The van der Waals surface area contributed by atoms with E-state index in [0.717, 1.165) is 0 Å². The Morgan fingerprint density at radius 2 is 0.529 bits per heavy atom. The van der Waals surface area contributed by atoms with E-state index < -0.39 is 27.1 Å². The molecule has 0 aromatic heterocycles. The minimum absolute atomic E-state index is 0. The van der Waals surface area contributed by atoms with Gasteiger partial charge in [-0.25, -0.2) is 0 Å². The molecule has 0 rings (SSSR count). The van der Waals surface area contributed by atoms with Crippen LogP contribution in [0.25, 0.3) is 0 Å². The van der Waals surface area contributed by atoms with E-state index in [1.54, 1.807) is 0 Å². The van der Waals surface area contributed by atoms with Crippen molar-refractivity contribution in [2.75, 3.05) is 0 Å². The normalized spacial score (nSPS) is 10.6. The minimum atomic E-state index is -5.61. The molecule has 0 bridgehead atoms. The molecule has 0 unspecified atom stereocenters. The van der Waals surface area contributed by atoms with Crippen LogP contribution in [0, 0.1) is 0 Å². The molecule has 12 nitrogen and oxygen atoms in total. The van der Waals surface area contributed by atoms with Gasteiger partial charge in [0.1, 0.15) is 0 Å². The Morgan fingerprint density at radius 1 is 0.529 bits per heavy atom. The summed E-state index contributed by atoms with van der Waals surface area (Å²) in [6.07, 6.45) is 0. The number of hydrogen-bond acceptors (Lipinski definition) is 12. The Labute approximate surface area is 151 Å². The van der Waals surface area contributed by atoms with E-state index in [0.29, 0.717) is 0 Å². The second-order valence-corrected chi connectivity index (χ2v) is 5.10. The van der Waals surface area contributed by atoms with Gasteiger partial charge >= 0.3 is 86.8 Å². The molecule has 0 aromatic rings. The van der Waals surface area contributed by atoms with Gasteiger partial charge in [0.25, 0.3) is 0 Å². The van der Waals surface area contributed by atoms with E-state index in [1.807, 2.05) is 0 Å². The van der Waals surface area contributed by atoms with Crippen molar-refractivity contribution in [1.29, 1.82) is 0 Å². The van der Waals surface area contributed by atoms with Gasteiger partial charge < -0.3 is 66.6 Å². The van der Waals surface area contributed by atoms with Crippen LogP contribution in [0.2, 0.25) is 0 Å². The first-order valence-corrected chi connectivity index (χ1v) is 7.82. The quantitative estimate of drug-likeness (QED) is 0.189. The molecular weight excluding hydrogens is 342 g/mol. The van der Waals surface area contributed by atoms with Crippen LogP contribution in [0.4, 0.5) is 0 Å². The van der Waals surface area contributed by atoms with Gasteiger partial charge in [-0.1, -0.05) is 0 Å². The van der Waals surface area contributed by atoms with Crippen LogP contribution >= 0.6 is 0 Å². The van der Waals surface area contributed by atoms with Crippen molar-refractivity contribution in [2.24, 2.45) is 0 Å². The molecule has 0 saturated heterocycles. The SMILES string of the molecule is O[Si](O)(O)O.O[Si](O)(O)O.[Al+3].[K+].[O-][Si]([O-])([O-])[O-]. The average Bonchev–Trinajstić information content (AvgIpc) is 1.41. The van der Waals surface area contributed by atoms with E-state index in [9.17, 15) is 0 Å². The summed E-state index contributed by atoms with van der Waals surface area (Å²) >= 11 is 0. The summed E-state index contributed by atoms with van der Waals surface area (Å²) in [5, 5.41) is 0. The van der Waals surface area contributed by atoms with Gasteiger partial charge in [0.15, 0.2) is 0 Å². The van der Waals surface area contributed by atoms with Crippen molar-refractivity contribution in [3.63, 3.8) is 0 Å². The third kappa shape index (κ3) is 895. The number of hydrogen-bond donors (Lipinski definition) is 8. The van der Waals surface area contributed by atoms with Gasteiger partial charge in [-0.3, -0.25) is 0 Å². The molecule has 17 heteroatoms. The maximum absolute atomic E-state index is 8.58. The largest absolute Gasteiger partial charge is 3.00 e. The Hall–Kier alpha value is 2.34. The third-order valence-electron chi connectivity index (χ3n) is 0. The van der Waals surface area contributed by atoms with Gasteiger partial charge in [-0.2, -0.15) is 0 Å². The van der Waals surface area contributed by atoms with Gasteiger partial charge in [-0.15, -0.1) is 0 Å². The molecule has 0 fully saturated rings. The molecule has 0 aliphatic rings. The monoisotopic (exact) mass is 350 g/mol. The Kier molecular flexibility index (Phi) is 24.8.